The molecular formula is C18H18N2O4. The fraction of sp³-hybridized carbons (Fsp3) is 0.222. The molecule has 6 nitrogen and oxygen atoms in total. The van der Waals surface area contributed by atoms with Crippen LogP contribution in [0.1, 0.15) is 11.1 Å². The number of anilines is 1. The number of carbonyl (C=O) groups is 1. The van der Waals surface area contributed by atoms with Gasteiger partial charge in [0, 0.05) is 12.7 Å². The van der Waals surface area contributed by atoms with E-state index < -0.39 is 5.76 Å². The summed E-state index contributed by atoms with van der Waals surface area (Å²) in [5.74, 6) is -0.0615. The van der Waals surface area contributed by atoms with Gasteiger partial charge in [0.25, 0.3) is 5.91 Å². The molecule has 0 saturated heterocycles. The SMILES string of the molecule is Cc1ccc(OCC(=O)Nc2ccc3oc(=O)n(C)c3c2)cc1C. The lowest BCUT2D eigenvalue weighted by molar-refractivity contribution is -0.118. The zero-order valence-electron chi connectivity index (χ0n) is 13.8. The van der Waals surface area contributed by atoms with Gasteiger partial charge in [-0.25, -0.2) is 4.79 Å². The number of hydrogen-bond acceptors (Lipinski definition) is 4. The summed E-state index contributed by atoms with van der Waals surface area (Å²) >= 11 is 0. The zero-order chi connectivity index (χ0) is 17.3. The van der Waals surface area contributed by atoms with Crippen molar-refractivity contribution in [3.05, 3.63) is 58.1 Å². The average Bonchev–Trinajstić information content (AvgIpc) is 2.83. The summed E-state index contributed by atoms with van der Waals surface area (Å²) in [6.07, 6.45) is 0. The van der Waals surface area contributed by atoms with Crippen molar-refractivity contribution in [2.24, 2.45) is 7.05 Å². The smallest absolute Gasteiger partial charge is 0.419 e. The Labute approximate surface area is 138 Å². The Morgan fingerprint density at radius 1 is 1.17 bits per heavy atom. The third-order valence-corrected chi connectivity index (χ3v) is 3.92. The van der Waals surface area contributed by atoms with Crippen LogP contribution in [0.2, 0.25) is 0 Å². The molecule has 2 aromatic carbocycles. The van der Waals surface area contributed by atoms with E-state index in [2.05, 4.69) is 5.32 Å². The maximum Gasteiger partial charge on any atom is 0.419 e. The van der Waals surface area contributed by atoms with Crippen LogP contribution < -0.4 is 15.8 Å². The molecule has 0 unspecified atom stereocenters. The summed E-state index contributed by atoms with van der Waals surface area (Å²) in [5, 5.41) is 2.75. The molecule has 0 aliphatic rings. The zero-order valence-corrected chi connectivity index (χ0v) is 13.8. The molecule has 0 aliphatic carbocycles. The number of fused-ring (bicyclic) bond motifs is 1. The molecule has 24 heavy (non-hydrogen) atoms. The second-order valence-corrected chi connectivity index (χ2v) is 5.69. The topological polar surface area (TPSA) is 73.5 Å². The molecule has 3 rings (SSSR count). The van der Waals surface area contributed by atoms with E-state index in [0.717, 1.165) is 5.56 Å². The van der Waals surface area contributed by atoms with Crippen molar-refractivity contribution in [2.75, 3.05) is 11.9 Å². The first-order valence-corrected chi connectivity index (χ1v) is 7.53. The molecular weight excluding hydrogens is 308 g/mol. The molecule has 0 bridgehead atoms. The number of rotatable bonds is 4. The Morgan fingerprint density at radius 2 is 1.96 bits per heavy atom. The van der Waals surface area contributed by atoms with Crippen molar-refractivity contribution in [1.82, 2.24) is 4.57 Å². The Morgan fingerprint density at radius 3 is 2.71 bits per heavy atom. The highest BCUT2D eigenvalue weighted by atomic mass is 16.5. The number of nitrogens with one attached hydrogen (secondary N) is 1. The van der Waals surface area contributed by atoms with E-state index in [9.17, 15) is 9.59 Å². The number of benzene rings is 2. The predicted molar refractivity (Wildman–Crippen MR) is 91.5 cm³/mol. The van der Waals surface area contributed by atoms with Crippen molar-refractivity contribution < 1.29 is 13.9 Å². The van der Waals surface area contributed by atoms with E-state index >= 15 is 0 Å². The summed E-state index contributed by atoms with van der Waals surface area (Å²) < 4.78 is 11.9. The lowest BCUT2D eigenvalue weighted by atomic mass is 10.1. The second-order valence-electron chi connectivity index (χ2n) is 5.69. The molecule has 1 amide bonds. The van der Waals surface area contributed by atoms with Crippen molar-refractivity contribution in [2.45, 2.75) is 13.8 Å². The molecule has 6 heteroatoms. The van der Waals surface area contributed by atoms with Crippen LogP contribution in [-0.2, 0) is 11.8 Å². The molecule has 1 aromatic heterocycles. The number of hydrogen-bond donors (Lipinski definition) is 1. The Hall–Kier alpha value is -3.02. The van der Waals surface area contributed by atoms with E-state index in [0.29, 0.717) is 22.5 Å². The molecule has 0 aliphatic heterocycles. The van der Waals surface area contributed by atoms with E-state index in [1.54, 1.807) is 25.2 Å². The second kappa shape index (κ2) is 6.23. The number of aromatic nitrogens is 1. The van der Waals surface area contributed by atoms with E-state index in [-0.39, 0.29) is 12.5 Å². The van der Waals surface area contributed by atoms with Gasteiger partial charge in [0.05, 0.1) is 5.52 Å². The molecule has 0 spiro atoms. The van der Waals surface area contributed by atoms with Gasteiger partial charge < -0.3 is 14.5 Å². The molecule has 1 N–H and O–H groups in total. The first-order valence-electron chi connectivity index (χ1n) is 7.53. The Bertz CT molecular complexity index is 969. The summed E-state index contributed by atoms with van der Waals surface area (Å²) in [7, 11) is 1.61. The molecule has 0 fully saturated rings. The number of amides is 1. The summed E-state index contributed by atoms with van der Waals surface area (Å²) in [6, 6.07) is 10.7. The van der Waals surface area contributed by atoms with Gasteiger partial charge in [0.1, 0.15) is 5.75 Å². The van der Waals surface area contributed by atoms with E-state index in [1.807, 2.05) is 32.0 Å². The number of oxazole rings is 1. The van der Waals surface area contributed by atoms with Crippen LogP contribution in [0.15, 0.2) is 45.6 Å². The molecule has 0 atom stereocenters. The van der Waals surface area contributed by atoms with Gasteiger partial charge in [-0.3, -0.25) is 9.36 Å². The number of ether oxygens (including phenoxy) is 1. The van der Waals surface area contributed by atoms with Gasteiger partial charge in [-0.15, -0.1) is 0 Å². The minimum Gasteiger partial charge on any atom is -0.484 e. The average molecular weight is 326 g/mol. The quantitative estimate of drug-likeness (QED) is 0.800. The van der Waals surface area contributed by atoms with Crippen LogP contribution in [0.3, 0.4) is 0 Å². The highest BCUT2D eigenvalue weighted by Crippen LogP contribution is 2.18. The van der Waals surface area contributed by atoms with Gasteiger partial charge in [0.15, 0.2) is 12.2 Å². The summed E-state index contributed by atoms with van der Waals surface area (Å²) in [4.78, 5) is 23.5. The van der Waals surface area contributed by atoms with Gasteiger partial charge in [-0.2, -0.15) is 0 Å². The van der Waals surface area contributed by atoms with E-state index in [4.69, 9.17) is 9.15 Å². The van der Waals surface area contributed by atoms with Crippen LogP contribution in [0.25, 0.3) is 11.1 Å². The van der Waals surface area contributed by atoms with Gasteiger partial charge in [-0.05, 0) is 55.3 Å². The van der Waals surface area contributed by atoms with Crippen molar-refractivity contribution in [1.29, 1.82) is 0 Å². The number of nitrogens with zero attached hydrogens (tertiary/aromatic N) is 1. The molecule has 1 heterocycles. The van der Waals surface area contributed by atoms with Gasteiger partial charge >= 0.3 is 5.76 Å². The predicted octanol–water partition coefficient (Wildman–Crippen LogP) is 2.77. The van der Waals surface area contributed by atoms with E-state index in [1.165, 1.54) is 10.1 Å². The first-order chi connectivity index (χ1) is 11.4. The monoisotopic (exact) mass is 326 g/mol. The fourth-order valence-electron chi connectivity index (χ4n) is 2.35. The van der Waals surface area contributed by atoms with Gasteiger partial charge in [0.2, 0.25) is 0 Å². The lowest BCUT2D eigenvalue weighted by Crippen LogP contribution is -2.20. The van der Waals surface area contributed by atoms with Crippen molar-refractivity contribution >= 4 is 22.7 Å². The van der Waals surface area contributed by atoms with Crippen LogP contribution >= 0.6 is 0 Å². The minimum atomic E-state index is -0.438. The normalized spacial score (nSPS) is 10.8. The fourth-order valence-corrected chi connectivity index (χ4v) is 2.35. The Balaban J connectivity index is 1.67. The van der Waals surface area contributed by atoms with Gasteiger partial charge in [-0.1, -0.05) is 6.07 Å². The largest absolute Gasteiger partial charge is 0.484 e. The highest BCUT2D eigenvalue weighted by Gasteiger charge is 2.09. The summed E-state index contributed by atoms with van der Waals surface area (Å²) in [5.41, 5.74) is 3.96. The van der Waals surface area contributed by atoms with Crippen molar-refractivity contribution in [3.63, 3.8) is 0 Å². The molecule has 3 aromatic rings. The lowest BCUT2D eigenvalue weighted by Gasteiger charge is -2.09. The maximum absolute atomic E-state index is 12.0. The summed E-state index contributed by atoms with van der Waals surface area (Å²) in [6.45, 7) is 3.92. The maximum atomic E-state index is 12.0. The standard InChI is InChI=1S/C18H18N2O4/c1-11-4-6-14(8-12(11)2)23-10-17(21)19-13-5-7-16-15(9-13)20(3)18(22)24-16/h4-9H,10H2,1-3H3,(H,19,21). The first kappa shape index (κ1) is 15.9. The number of carbonyl (C=O) groups excluding carboxylic acids is 1. The van der Waals surface area contributed by atoms with Crippen LogP contribution in [0.5, 0.6) is 5.75 Å². The number of aryl methyl sites for hydroxylation is 3. The van der Waals surface area contributed by atoms with Crippen LogP contribution in [-0.4, -0.2) is 17.1 Å². The highest BCUT2D eigenvalue weighted by molar-refractivity contribution is 5.93. The van der Waals surface area contributed by atoms with Crippen molar-refractivity contribution in [3.8, 4) is 5.75 Å². The molecule has 0 saturated carbocycles. The minimum absolute atomic E-state index is 0.0924. The molecule has 124 valence electrons. The third kappa shape index (κ3) is 3.17. The molecule has 0 radical (unpaired) electrons. The van der Waals surface area contributed by atoms with Crippen LogP contribution in [0, 0.1) is 13.8 Å². The van der Waals surface area contributed by atoms with Crippen LogP contribution in [0.4, 0.5) is 5.69 Å². The third-order valence-electron chi connectivity index (χ3n) is 3.92. The Kier molecular flexibility index (Phi) is 4.12.